The first kappa shape index (κ1) is 15.0. The monoisotopic (exact) mass is 318 g/mol. The summed E-state index contributed by atoms with van der Waals surface area (Å²) < 4.78 is 5.56. The number of piperazine rings is 1. The number of hydrogen-bond donors (Lipinski definition) is 1. The number of aliphatic hydroxyl groups is 1. The molecule has 0 spiro atoms. The summed E-state index contributed by atoms with van der Waals surface area (Å²) in [6, 6.07) is 0. The highest BCUT2D eigenvalue weighted by molar-refractivity contribution is 8.07. The molecule has 0 aromatic heterocycles. The van der Waals surface area contributed by atoms with E-state index in [4.69, 9.17) is 4.74 Å². The average Bonchev–Trinajstić information content (AvgIpc) is 2.54. The fraction of sp³-hybridized carbons (Fsp3) is 0.923. The molecule has 2 unspecified atom stereocenters. The minimum Gasteiger partial charge on any atom is -0.394 e. The minimum atomic E-state index is -0.376. The Morgan fingerprint density at radius 1 is 1.35 bits per heavy atom. The van der Waals surface area contributed by atoms with Gasteiger partial charge in [0.15, 0.2) is 0 Å². The lowest BCUT2D eigenvalue weighted by Crippen LogP contribution is -2.70. The van der Waals surface area contributed by atoms with Crippen molar-refractivity contribution in [1.29, 1.82) is 0 Å². The van der Waals surface area contributed by atoms with Gasteiger partial charge in [-0.3, -0.25) is 9.69 Å². The number of fused-ring (bicyclic) bond motifs is 1. The van der Waals surface area contributed by atoms with Crippen molar-refractivity contribution in [1.82, 2.24) is 9.80 Å². The maximum absolute atomic E-state index is 12.6. The Morgan fingerprint density at radius 2 is 2.25 bits per heavy atom. The van der Waals surface area contributed by atoms with Crippen LogP contribution in [0.25, 0.3) is 0 Å². The molecule has 7 heteroatoms. The molecule has 3 heterocycles. The molecule has 114 valence electrons. The first-order valence-corrected chi connectivity index (χ1v) is 9.37. The number of thioether (sulfide) groups is 2. The molecule has 3 saturated heterocycles. The summed E-state index contributed by atoms with van der Waals surface area (Å²) in [7, 11) is 0. The van der Waals surface area contributed by atoms with Gasteiger partial charge < -0.3 is 14.7 Å². The third-order valence-electron chi connectivity index (χ3n) is 4.37. The number of carbonyl (C=O) groups is 1. The number of hydrogen-bond acceptors (Lipinski definition) is 6. The van der Waals surface area contributed by atoms with Crippen molar-refractivity contribution in [3.8, 4) is 0 Å². The van der Waals surface area contributed by atoms with Gasteiger partial charge in [0.25, 0.3) is 0 Å². The summed E-state index contributed by atoms with van der Waals surface area (Å²) in [6.45, 7) is 4.40. The summed E-state index contributed by atoms with van der Waals surface area (Å²) in [4.78, 5) is 16.9. The molecule has 5 nitrogen and oxygen atoms in total. The third-order valence-corrected chi connectivity index (χ3v) is 7.11. The summed E-state index contributed by atoms with van der Waals surface area (Å²) in [5.41, 5.74) is -0.376. The predicted molar refractivity (Wildman–Crippen MR) is 82.4 cm³/mol. The molecule has 3 aliphatic rings. The summed E-state index contributed by atoms with van der Waals surface area (Å²) in [5, 5.41) is 9.92. The normalized spacial score (nSPS) is 35.6. The van der Waals surface area contributed by atoms with Gasteiger partial charge in [-0.05, 0) is 0 Å². The van der Waals surface area contributed by atoms with E-state index in [-0.39, 0.29) is 23.3 Å². The maximum Gasteiger partial charge on any atom is 0.236 e. The molecule has 1 N–H and O–H groups in total. The number of rotatable bonds is 2. The van der Waals surface area contributed by atoms with Gasteiger partial charge in [-0.15, -0.1) is 11.8 Å². The van der Waals surface area contributed by atoms with Crippen LogP contribution in [0.4, 0.5) is 0 Å². The van der Waals surface area contributed by atoms with Gasteiger partial charge in [0.2, 0.25) is 5.91 Å². The third kappa shape index (κ3) is 2.83. The van der Waals surface area contributed by atoms with Crippen LogP contribution in [0.2, 0.25) is 0 Å². The lowest BCUT2D eigenvalue weighted by Gasteiger charge is -2.52. The smallest absolute Gasteiger partial charge is 0.236 e. The second kappa shape index (κ2) is 6.44. The van der Waals surface area contributed by atoms with Crippen LogP contribution < -0.4 is 0 Å². The molecule has 0 aromatic rings. The minimum absolute atomic E-state index is 0.0589. The number of nitrogens with zero attached hydrogens (tertiary/aromatic N) is 2. The van der Waals surface area contributed by atoms with E-state index >= 15 is 0 Å². The standard InChI is InChI=1S/C13H22N2O3S2/c16-9-13-8-14(1-2-15(13)3-4-18-10-13)12(17)11-7-19-5-6-20-11/h11,16H,1-10H2. The number of aliphatic hydroxyl groups excluding tert-OH is 1. The van der Waals surface area contributed by atoms with E-state index in [0.29, 0.717) is 13.2 Å². The molecule has 20 heavy (non-hydrogen) atoms. The number of ether oxygens (including phenoxy) is 1. The van der Waals surface area contributed by atoms with Crippen LogP contribution >= 0.6 is 23.5 Å². The number of morpholine rings is 1. The summed E-state index contributed by atoms with van der Waals surface area (Å²) >= 11 is 3.65. The van der Waals surface area contributed by atoms with Crippen molar-refractivity contribution < 1.29 is 14.6 Å². The zero-order valence-corrected chi connectivity index (χ0v) is 13.3. The van der Waals surface area contributed by atoms with Gasteiger partial charge >= 0.3 is 0 Å². The van der Waals surface area contributed by atoms with Crippen LogP contribution in [0, 0.1) is 0 Å². The van der Waals surface area contributed by atoms with Crippen LogP contribution in [-0.2, 0) is 9.53 Å². The molecule has 3 aliphatic heterocycles. The summed E-state index contributed by atoms with van der Waals surface area (Å²) in [6.07, 6.45) is 0. The van der Waals surface area contributed by atoms with Gasteiger partial charge in [0.05, 0.1) is 30.6 Å². The molecule has 1 amide bonds. The molecule has 0 aliphatic carbocycles. The zero-order chi connectivity index (χ0) is 14.0. The number of carbonyl (C=O) groups excluding carboxylic acids is 1. The Balaban J connectivity index is 1.67. The van der Waals surface area contributed by atoms with Crippen LogP contribution in [0.1, 0.15) is 0 Å². The molecule has 2 atom stereocenters. The SMILES string of the molecule is O=C(C1CSCCS1)N1CCN2CCOCC2(CO)C1. The average molecular weight is 318 g/mol. The zero-order valence-electron chi connectivity index (χ0n) is 11.6. The van der Waals surface area contributed by atoms with E-state index in [2.05, 4.69) is 4.90 Å². The first-order valence-electron chi connectivity index (χ1n) is 7.17. The second-order valence-corrected chi connectivity index (χ2v) is 8.08. The fourth-order valence-electron chi connectivity index (χ4n) is 3.15. The molecule has 3 fully saturated rings. The van der Waals surface area contributed by atoms with E-state index in [0.717, 1.165) is 43.5 Å². The largest absolute Gasteiger partial charge is 0.394 e. The summed E-state index contributed by atoms with van der Waals surface area (Å²) in [5.74, 6) is 3.39. The highest BCUT2D eigenvalue weighted by atomic mass is 32.2. The van der Waals surface area contributed by atoms with Crippen LogP contribution in [0.15, 0.2) is 0 Å². The Morgan fingerprint density at radius 3 is 3.00 bits per heavy atom. The topological polar surface area (TPSA) is 53.0 Å². The van der Waals surface area contributed by atoms with E-state index in [1.165, 1.54) is 0 Å². The highest BCUT2D eigenvalue weighted by Crippen LogP contribution is 2.29. The van der Waals surface area contributed by atoms with Crippen molar-refractivity contribution in [3.63, 3.8) is 0 Å². The number of amides is 1. The fourth-order valence-corrected chi connectivity index (χ4v) is 5.78. The van der Waals surface area contributed by atoms with Gasteiger partial charge in [0.1, 0.15) is 0 Å². The molecule has 3 rings (SSSR count). The van der Waals surface area contributed by atoms with Crippen molar-refractivity contribution in [3.05, 3.63) is 0 Å². The Hall–Kier alpha value is 0.0500. The van der Waals surface area contributed by atoms with E-state index in [9.17, 15) is 9.90 Å². The maximum atomic E-state index is 12.6. The van der Waals surface area contributed by atoms with E-state index in [1.54, 1.807) is 11.8 Å². The van der Waals surface area contributed by atoms with Gasteiger partial charge in [0, 0.05) is 43.4 Å². The van der Waals surface area contributed by atoms with Gasteiger partial charge in [-0.1, -0.05) is 0 Å². The lowest BCUT2D eigenvalue weighted by atomic mass is 9.94. The Bertz CT molecular complexity index is 366. The molecular formula is C13H22N2O3S2. The highest BCUT2D eigenvalue weighted by Gasteiger charge is 2.45. The van der Waals surface area contributed by atoms with Crippen molar-refractivity contribution in [2.24, 2.45) is 0 Å². The van der Waals surface area contributed by atoms with Crippen LogP contribution in [0.5, 0.6) is 0 Å². The van der Waals surface area contributed by atoms with Crippen molar-refractivity contribution >= 4 is 29.4 Å². The van der Waals surface area contributed by atoms with Gasteiger partial charge in [-0.25, -0.2) is 0 Å². The quantitative estimate of drug-likeness (QED) is 0.757. The molecule has 0 aromatic carbocycles. The molecular weight excluding hydrogens is 296 g/mol. The molecule has 0 radical (unpaired) electrons. The van der Waals surface area contributed by atoms with E-state index in [1.807, 2.05) is 16.7 Å². The lowest BCUT2D eigenvalue weighted by molar-refractivity contribution is -0.150. The first-order chi connectivity index (χ1) is 9.75. The van der Waals surface area contributed by atoms with Crippen molar-refractivity contribution in [2.45, 2.75) is 10.8 Å². The molecule has 0 saturated carbocycles. The van der Waals surface area contributed by atoms with E-state index < -0.39 is 0 Å². The second-order valence-electron chi connectivity index (χ2n) is 5.62. The van der Waals surface area contributed by atoms with Gasteiger partial charge in [-0.2, -0.15) is 11.8 Å². The van der Waals surface area contributed by atoms with Crippen molar-refractivity contribution in [2.75, 3.05) is 63.3 Å². The Kier molecular flexibility index (Phi) is 4.82. The molecule has 0 bridgehead atoms. The predicted octanol–water partition coefficient (Wildman–Crippen LogP) is -0.259. The van der Waals surface area contributed by atoms with Crippen LogP contribution in [-0.4, -0.2) is 94.9 Å². The van der Waals surface area contributed by atoms with Crippen LogP contribution in [0.3, 0.4) is 0 Å². The Labute approximate surface area is 128 Å².